The Morgan fingerprint density at radius 2 is 2.00 bits per heavy atom. The number of aromatic nitrogens is 3. The van der Waals surface area contributed by atoms with Crippen molar-refractivity contribution in [3.63, 3.8) is 0 Å². The van der Waals surface area contributed by atoms with E-state index in [-0.39, 0.29) is 10.6 Å². The number of rotatable bonds is 2. The van der Waals surface area contributed by atoms with Gasteiger partial charge < -0.3 is 0 Å². The molecule has 0 bridgehead atoms. The van der Waals surface area contributed by atoms with Crippen LogP contribution in [0.4, 0.5) is 5.69 Å². The molecule has 0 N–H and O–H groups in total. The highest BCUT2D eigenvalue weighted by molar-refractivity contribution is 5.96. The van der Waals surface area contributed by atoms with Gasteiger partial charge in [0, 0.05) is 29.5 Å². The molecule has 20 heavy (non-hydrogen) atoms. The Kier molecular flexibility index (Phi) is 2.71. The van der Waals surface area contributed by atoms with Crippen LogP contribution in [0, 0.1) is 24.0 Å². The molecule has 0 aliphatic heterocycles. The Morgan fingerprint density at radius 1 is 1.20 bits per heavy atom. The van der Waals surface area contributed by atoms with E-state index < -0.39 is 0 Å². The van der Waals surface area contributed by atoms with Crippen molar-refractivity contribution >= 4 is 16.5 Å². The van der Waals surface area contributed by atoms with Gasteiger partial charge in [0.25, 0.3) is 5.69 Å². The van der Waals surface area contributed by atoms with Crippen molar-refractivity contribution < 1.29 is 4.92 Å². The van der Waals surface area contributed by atoms with Crippen LogP contribution in [0.2, 0.25) is 0 Å². The van der Waals surface area contributed by atoms with Gasteiger partial charge in [-0.3, -0.25) is 15.1 Å². The molecule has 0 unspecified atom stereocenters. The Morgan fingerprint density at radius 3 is 2.65 bits per heavy atom. The van der Waals surface area contributed by atoms with Gasteiger partial charge >= 0.3 is 0 Å². The summed E-state index contributed by atoms with van der Waals surface area (Å²) in [4.78, 5) is 14.8. The lowest BCUT2D eigenvalue weighted by molar-refractivity contribution is -0.383. The number of nitrogens with zero attached hydrogens (tertiary/aromatic N) is 4. The molecular weight excluding hydrogens is 256 g/mol. The topological polar surface area (TPSA) is 73.8 Å². The monoisotopic (exact) mass is 268 g/mol. The lowest BCUT2D eigenvalue weighted by atomic mass is 10.1. The summed E-state index contributed by atoms with van der Waals surface area (Å²) in [5.41, 5.74) is 2.75. The van der Waals surface area contributed by atoms with Crippen molar-refractivity contribution in [1.29, 1.82) is 0 Å². The zero-order valence-corrected chi connectivity index (χ0v) is 11.1. The van der Waals surface area contributed by atoms with Crippen LogP contribution >= 0.6 is 0 Å². The van der Waals surface area contributed by atoms with Crippen molar-refractivity contribution in [2.45, 2.75) is 13.8 Å². The van der Waals surface area contributed by atoms with Gasteiger partial charge in [0.05, 0.1) is 21.7 Å². The molecule has 6 heteroatoms. The van der Waals surface area contributed by atoms with E-state index in [0.717, 1.165) is 17.1 Å². The van der Waals surface area contributed by atoms with E-state index in [1.807, 2.05) is 19.9 Å². The molecule has 6 nitrogen and oxygen atoms in total. The van der Waals surface area contributed by atoms with E-state index in [2.05, 4.69) is 10.1 Å². The third kappa shape index (κ3) is 1.82. The van der Waals surface area contributed by atoms with Crippen LogP contribution < -0.4 is 0 Å². The lowest BCUT2D eigenvalue weighted by Gasteiger charge is -2.08. The number of aryl methyl sites for hydroxylation is 2. The smallest absolute Gasteiger partial charge is 0.264 e. The lowest BCUT2D eigenvalue weighted by Crippen LogP contribution is -2.01. The van der Waals surface area contributed by atoms with Crippen molar-refractivity contribution in [1.82, 2.24) is 14.8 Å². The molecule has 1 aromatic carbocycles. The van der Waals surface area contributed by atoms with Crippen molar-refractivity contribution in [3.8, 4) is 5.69 Å². The maximum atomic E-state index is 11.1. The first-order valence-electron chi connectivity index (χ1n) is 6.12. The fourth-order valence-electron chi connectivity index (χ4n) is 2.38. The first-order chi connectivity index (χ1) is 9.58. The third-order valence-electron chi connectivity index (χ3n) is 3.21. The fraction of sp³-hybridized carbons (Fsp3) is 0.143. The molecule has 0 atom stereocenters. The molecule has 0 aliphatic carbocycles. The predicted octanol–water partition coefficient (Wildman–Crippen LogP) is 2.95. The van der Waals surface area contributed by atoms with Crippen LogP contribution in [0.3, 0.4) is 0 Å². The average molecular weight is 268 g/mol. The summed E-state index contributed by atoms with van der Waals surface area (Å²) in [6.07, 6.45) is 3.19. The average Bonchev–Trinajstić information content (AvgIpc) is 2.76. The number of pyridine rings is 1. The quantitative estimate of drug-likeness (QED) is 0.529. The van der Waals surface area contributed by atoms with Crippen LogP contribution in [0.1, 0.15) is 11.4 Å². The summed E-state index contributed by atoms with van der Waals surface area (Å²) >= 11 is 0. The number of hydrogen-bond acceptors (Lipinski definition) is 4. The molecule has 3 rings (SSSR count). The van der Waals surface area contributed by atoms with Gasteiger partial charge in [-0.25, -0.2) is 4.68 Å². The summed E-state index contributed by atoms with van der Waals surface area (Å²) in [5.74, 6) is 0. The van der Waals surface area contributed by atoms with Gasteiger partial charge in [-0.2, -0.15) is 5.10 Å². The minimum absolute atomic E-state index is 0.0766. The Labute approximate surface area is 114 Å². The highest BCUT2D eigenvalue weighted by Crippen LogP contribution is 2.30. The summed E-state index contributed by atoms with van der Waals surface area (Å²) in [6, 6.07) is 6.84. The number of nitro groups is 1. The largest absolute Gasteiger partial charge is 0.277 e. The van der Waals surface area contributed by atoms with Gasteiger partial charge in [0.2, 0.25) is 0 Å². The molecule has 0 aliphatic rings. The molecular formula is C14H12N4O2. The van der Waals surface area contributed by atoms with Crippen molar-refractivity contribution in [2.75, 3.05) is 0 Å². The maximum Gasteiger partial charge on any atom is 0.277 e. The second-order valence-electron chi connectivity index (χ2n) is 4.62. The summed E-state index contributed by atoms with van der Waals surface area (Å²) < 4.78 is 1.78. The van der Waals surface area contributed by atoms with E-state index in [1.54, 1.807) is 29.2 Å². The van der Waals surface area contributed by atoms with Gasteiger partial charge in [-0.15, -0.1) is 0 Å². The second kappa shape index (κ2) is 4.41. The van der Waals surface area contributed by atoms with Crippen LogP contribution in [0.5, 0.6) is 0 Å². The van der Waals surface area contributed by atoms with Crippen LogP contribution in [0.25, 0.3) is 16.5 Å². The molecule has 0 spiro atoms. The standard InChI is InChI=1S/C14H12N4O2/c1-9-7-10(2)17(16-9)13-3-4-14(18(19)20)11-5-6-15-8-12(11)13/h3-8H,1-2H3. The van der Waals surface area contributed by atoms with Crippen LogP contribution in [-0.2, 0) is 0 Å². The van der Waals surface area contributed by atoms with E-state index >= 15 is 0 Å². The zero-order chi connectivity index (χ0) is 14.3. The minimum atomic E-state index is -0.382. The second-order valence-corrected chi connectivity index (χ2v) is 4.62. The Bertz CT molecular complexity index is 823. The molecule has 0 saturated carbocycles. The first-order valence-corrected chi connectivity index (χ1v) is 6.12. The normalized spacial score (nSPS) is 10.9. The van der Waals surface area contributed by atoms with Crippen LogP contribution in [-0.4, -0.2) is 19.7 Å². The molecule has 3 aromatic rings. The zero-order valence-electron chi connectivity index (χ0n) is 11.1. The fourth-order valence-corrected chi connectivity index (χ4v) is 2.38. The highest BCUT2D eigenvalue weighted by atomic mass is 16.6. The van der Waals surface area contributed by atoms with E-state index in [0.29, 0.717) is 10.8 Å². The van der Waals surface area contributed by atoms with Gasteiger partial charge in [0.1, 0.15) is 0 Å². The summed E-state index contributed by atoms with van der Waals surface area (Å²) in [6.45, 7) is 3.86. The van der Waals surface area contributed by atoms with Gasteiger partial charge in [-0.05, 0) is 32.0 Å². The minimum Gasteiger partial charge on any atom is -0.264 e. The SMILES string of the molecule is Cc1cc(C)n(-c2ccc([N+](=O)[O-])c3ccncc23)n1. The molecule has 0 fully saturated rings. The maximum absolute atomic E-state index is 11.1. The number of nitro benzene ring substituents is 1. The third-order valence-corrected chi connectivity index (χ3v) is 3.21. The molecule has 2 aromatic heterocycles. The van der Waals surface area contributed by atoms with Crippen molar-refractivity contribution in [3.05, 3.63) is 58.2 Å². The van der Waals surface area contributed by atoms with E-state index in [4.69, 9.17) is 0 Å². The van der Waals surface area contributed by atoms with E-state index in [1.165, 1.54) is 6.07 Å². The molecule has 0 saturated heterocycles. The van der Waals surface area contributed by atoms with Gasteiger partial charge in [-0.1, -0.05) is 0 Å². The summed E-state index contributed by atoms with van der Waals surface area (Å²) in [7, 11) is 0. The number of fused-ring (bicyclic) bond motifs is 1. The Hall–Kier alpha value is -2.76. The molecule has 0 amide bonds. The number of non-ortho nitro benzene ring substituents is 1. The summed E-state index contributed by atoms with van der Waals surface area (Å²) in [5, 5.41) is 16.8. The van der Waals surface area contributed by atoms with Crippen LogP contribution in [0.15, 0.2) is 36.7 Å². The van der Waals surface area contributed by atoms with E-state index in [9.17, 15) is 10.1 Å². The van der Waals surface area contributed by atoms with Crippen molar-refractivity contribution in [2.24, 2.45) is 0 Å². The number of benzene rings is 1. The molecule has 0 radical (unpaired) electrons. The number of hydrogen-bond donors (Lipinski definition) is 0. The Balaban J connectivity index is 2.36. The molecule has 2 heterocycles. The first kappa shape index (κ1) is 12.3. The predicted molar refractivity (Wildman–Crippen MR) is 75.0 cm³/mol. The molecule has 100 valence electrons. The van der Waals surface area contributed by atoms with Gasteiger partial charge in [0.15, 0.2) is 0 Å². The highest BCUT2D eigenvalue weighted by Gasteiger charge is 2.16.